The van der Waals surface area contributed by atoms with Crippen molar-refractivity contribution in [1.29, 1.82) is 0 Å². The highest BCUT2D eigenvalue weighted by Gasteiger charge is 2.15. The van der Waals surface area contributed by atoms with Crippen LogP contribution in [0.2, 0.25) is 5.02 Å². The molecule has 0 unspecified atom stereocenters. The fraction of sp³-hybridized carbons (Fsp3) is 0.125. The molecule has 0 radical (unpaired) electrons. The molecule has 0 aromatic heterocycles. The second-order valence-electron chi connectivity index (χ2n) is 2.27. The topological polar surface area (TPSA) is 46.5 Å². The quantitative estimate of drug-likeness (QED) is 0.803. The minimum atomic E-state index is -1.38. The highest BCUT2D eigenvalue weighted by Crippen LogP contribution is 2.25. The molecule has 0 aliphatic heterocycles. The van der Waals surface area contributed by atoms with E-state index in [9.17, 15) is 9.18 Å². The number of ether oxygens (including phenoxy) is 1. The van der Waals surface area contributed by atoms with Gasteiger partial charge in [-0.15, -0.1) is 0 Å². The molecule has 0 atom stereocenters. The van der Waals surface area contributed by atoms with Gasteiger partial charge < -0.3 is 9.84 Å². The Balaban J connectivity index is 3.35. The Kier molecular flexibility index (Phi) is 2.72. The van der Waals surface area contributed by atoms with E-state index in [0.717, 1.165) is 6.07 Å². The number of methoxy groups -OCH3 is 1. The summed E-state index contributed by atoms with van der Waals surface area (Å²) in [6, 6.07) is 2.24. The average molecular weight is 205 g/mol. The molecule has 0 fully saturated rings. The predicted octanol–water partition coefficient (Wildman–Crippen LogP) is 2.19. The van der Waals surface area contributed by atoms with Crippen LogP contribution in [0, 0.1) is 5.82 Å². The van der Waals surface area contributed by atoms with Gasteiger partial charge in [0.1, 0.15) is 5.56 Å². The molecule has 5 heteroatoms. The van der Waals surface area contributed by atoms with E-state index in [1.54, 1.807) is 0 Å². The standard InChI is InChI=1S/C8H6ClFO3/c1-13-6-3-4(9)2-5(7(6)10)8(11)12/h2-3H,1H3,(H,11,12). The van der Waals surface area contributed by atoms with Crippen LogP contribution in [0.5, 0.6) is 5.75 Å². The van der Waals surface area contributed by atoms with Crippen LogP contribution in [-0.4, -0.2) is 18.2 Å². The summed E-state index contributed by atoms with van der Waals surface area (Å²) in [5.41, 5.74) is -0.496. The van der Waals surface area contributed by atoms with Crippen LogP contribution in [0.15, 0.2) is 12.1 Å². The highest BCUT2D eigenvalue weighted by molar-refractivity contribution is 6.31. The summed E-state index contributed by atoms with van der Waals surface area (Å²) in [5.74, 6) is -2.47. The molecule has 1 aromatic rings. The molecule has 0 amide bonds. The average Bonchev–Trinajstić information content (AvgIpc) is 2.08. The summed E-state index contributed by atoms with van der Waals surface area (Å²) in [6.45, 7) is 0. The number of hydrogen-bond donors (Lipinski definition) is 1. The lowest BCUT2D eigenvalue weighted by Crippen LogP contribution is -2.02. The van der Waals surface area contributed by atoms with E-state index in [1.165, 1.54) is 13.2 Å². The van der Waals surface area contributed by atoms with Gasteiger partial charge in [-0.05, 0) is 6.07 Å². The molecule has 0 aliphatic carbocycles. The fourth-order valence-corrected chi connectivity index (χ4v) is 1.08. The van der Waals surface area contributed by atoms with Crippen LogP contribution in [0.25, 0.3) is 0 Å². The lowest BCUT2D eigenvalue weighted by molar-refractivity contribution is 0.0691. The summed E-state index contributed by atoms with van der Waals surface area (Å²) in [6.07, 6.45) is 0. The summed E-state index contributed by atoms with van der Waals surface area (Å²) in [4.78, 5) is 10.5. The predicted molar refractivity (Wildman–Crippen MR) is 44.9 cm³/mol. The van der Waals surface area contributed by atoms with Crippen molar-refractivity contribution in [3.8, 4) is 5.75 Å². The molecule has 0 saturated carbocycles. The summed E-state index contributed by atoms with van der Waals surface area (Å²) in [7, 11) is 1.24. The zero-order valence-corrected chi connectivity index (χ0v) is 7.43. The van der Waals surface area contributed by atoms with E-state index in [2.05, 4.69) is 4.74 Å². The SMILES string of the molecule is COc1cc(Cl)cc(C(=O)O)c1F. The van der Waals surface area contributed by atoms with Gasteiger partial charge in [-0.25, -0.2) is 9.18 Å². The van der Waals surface area contributed by atoms with Gasteiger partial charge in [-0.3, -0.25) is 0 Å². The number of carboxylic acid groups (broad SMARTS) is 1. The number of carboxylic acids is 1. The van der Waals surface area contributed by atoms with Gasteiger partial charge in [0.15, 0.2) is 11.6 Å². The van der Waals surface area contributed by atoms with Gasteiger partial charge in [-0.1, -0.05) is 11.6 Å². The maximum atomic E-state index is 13.1. The van der Waals surface area contributed by atoms with E-state index in [1.807, 2.05) is 0 Å². The van der Waals surface area contributed by atoms with Gasteiger partial charge >= 0.3 is 5.97 Å². The van der Waals surface area contributed by atoms with Gasteiger partial charge in [0.25, 0.3) is 0 Å². The maximum Gasteiger partial charge on any atom is 0.338 e. The molecule has 0 spiro atoms. The lowest BCUT2D eigenvalue weighted by atomic mass is 10.2. The van der Waals surface area contributed by atoms with Crippen LogP contribution in [0.3, 0.4) is 0 Å². The Morgan fingerprint density at radius 1 is 1.62 bits per heavy atom. The molecule has 0 heterocycles. The number of benzene rings is 1. The van der Waals surface area contributed by atoms with Crippen molar-refractivity contribution in [2.45, 2.75) is 0 Å². The minimum absolute atomic E-state index is 0.121. The first-order chi connectivity index (χ1) is 6.06. The Labute approximate surface area is 78.7 Å². The lowest BCUT2D eigenvalue weighted by Gasteiger charge is -2.04. The van der Waals surface area contributed by atoms with Crippen molar-refractivity contribution in [3.05, 3.63) is 28.5 Å². The first kappa shape index (κ1) is 9.80. The highest BCUT2D eigenvalue weighted by atomic mass is 35.5. The maximum absolute atomic E-state index is 13.1. The second kappa shape index (κ2) is 3.62. The van der Waals surface area contributed by atoms with Crippen molar-refractivity contribution in [2.75, 3.05) is 7.11 Å². The van der Waals surface area contributed by atoms with Crippen LogP contribution < -0.4 is 4.74 Å². The second-order valence-corrected chi connectivity index (χ2v) is 2.71. The zero-order valence-electron chi connectivity index (χ0n) is 6.67. The molecule has 1 N–H and O–H groups in total. The minimum Gasteiger partial charge on any atom is -0.494 e. The van der Waals surface area contributed by atoms with Crippen molar-refractivity contribution < 1.29 is 19.0 Å². The van der Waals surface area contributed by atoms with Crippen molar-refractivity contribution in [2.24, 2.45) is 0 Å². The number of hydrogen-bond acceptors (Lipinski definition) is 2. The van der Waals surface area contributed by atoms with Crippen molar-refractivity contribution in [1.82, 2.24) is 0 Å². The van der Waals surface area contributed by atoms with Crippen molar-refractivity contribution in [3.63, 3.8) is 0 Å². The third-order valence-corrected chi connectivity index (χ3v) is 1.67. The van der Waals surface area contributed by atoms with Crippen LogP contribution in [0.4, 0.5) is 4.39 Å². The van der Waals surface area contributed by atoms with Gasteiger partial charge in [0.05, 0.1) is 7.11 Å². The Morgan fingerprint density at radius 3 is 2.69 bits per heavy atom. The summed E-state index contributed by atoms with van der Waals surface area (Å²) < 4.78 is 17.7. The summed E-state index contributed by atoms with van der Waals surface area (Å²) >= 11 is 5.53. The van der Waals surface area contributed by atoms with E-state index in [4.69, 9.17) is 16.7 Å². The fourth-order valence-electron chi connectivity index (χ4n) is 0.868. The molecular formula is C8H6ClFO3. The molecule has 0 aliphatic rings. The third-order valence-electron chi connectivity index (χ3n) is 1.45. The van der Waals surface area contributed by atoms with E-state index in [-0.39, 0.29) is 10.8 Å². The molecule has 70 valence electrons. The summed E-state index contributed by atoms with van der Waals surface area (Å²) in [5, 5.41) is 8.68. The Bertz CT molecular complexity index is 351. The first-order valence-corrected chi connectivity index (χ1v) is 3.70. The van der Waals surface area contributed by atoms with Crippen molar-refractivity contribution >= 4 is 17.6 Å². The normalized spacial score (nSPS) is 9.77. The zero-order chi connectivity index (χ0) is 10.0. The molecule has 0 saturated heterocycles. The van der Waals surface area contributed by atoms with Crippen LogP contribution in [0.1, 0.15) is 10.4 Å². The molecule has 0 bridgehead atoms. The largest absolute Gasteiger partial charge is 0.494 e. The number of aromatic carboxylic acids is 1. The number of halogens is 2. The Morgan fingerprint density at radius 2 is 2.23 bits per heavy atom. The molecule has 13 heavy (non-hydrogen) atoms. The number of rotatable bonds is 2. The first-order valence-electron chi connectivity index (χ1n) is 3.32. The Hall–Kier alpha value is -1.29. The van der Waals surface area contributed by atoms with Gasteiger partial charge in [-0.2, -0.15) is 0 Å². The van der Waals surface area contributed by atoms with Gasteiger partial charge in [0, 0.05) is 11.1 Å². The monoisotopic (exact) mass is 204 g/mol. The van der Waals surface area contributed by atoms with Gasteiger partial charge in [0.2, 0.25) is 0 Å². The smallest absolute Gasteiger partial charge is 0.338 e. The van der Waals surface area contributed by atoms with Crippen LogP contribution in [-0.2, 0) is 0 Å². The molecular weight excluding hydrogens is 199 g/mol. The van der Waals surface area contributed by atoms with E-state index >= 15 is 0 Å². The molecule has 1 aromatic carbocycles. The van der Waals surface area contributed by atoms with E-state index in [0.29, 0.717) is 0 Å². The molecule has 1 rings (SSSR count). The van der Waals surface area contributed by atoms with Crippen LogP contribution >= 0.6 is 11.6 Å². The molecule has 3 nitrogen and oxygen atoms in total. The van der Waals surface area contributed by atoms with E-state index < -0.39 is 17.3 Å². The number of carbonyl (C=O) groups is 1. The third kappa shape index (κ3) is 1.89.